The number of para-hydroxylation sites is 1. The third-order valence-electron chi connectivity index (χ3n) is 3.30. The summed E-state index contributed by atoms with van der Waals surface area (Å²) in [6.07, 6.45) is 0. The lowest BCUT2D eigenvalue weighted by molar-refractivity contribution is 0.495. The molecule has 2 N–H and O–H groups in total. The first-order chi connectivity index (χ1) is 8.10. The van der Waals surface area contributed by atoms with Gasteiger partial charge < -0.3 is 10.3 Å². The summed E-state index contributed by atoms with van der Waals surface area (Å²) in [5.74, 6) is 0. The molecular weight excluding hydrogens is 236 g/mol. The Bertz CT molecular complexity index is 669. The maximum Gasteiger partial charge on any atom is 0.186 e. The molecule has 1 fully saturated rings. The summed E-state index contributed by atoms with van der Waals surface area (Å²) in [4.78, 5) is 3.61. The first kappa shape index (κ1) is 10.8. The molecular formula is C12H14N2O2S. The van der Waals surface area contributed by atoms with E-state index < -0.39 is 9.84 Å². The number of aryl methyl sites for hydroxylation is 1. The number of sulfone groups is 1. The van der Waals surface area contributed by atoms with E-state index in [0.29, 0.717) is 18.0 Å². The van der Waals surface area contributed by atoms with E-state index in [0.717, 1.165) is 16.6 Å². The summed E-state index contributed by atoms with van der Waals surface area (Å²) < 4.78 is 24.9. The van der Waals surface area contributed by atoms with Gasteiger partial charge in [0.1, 0.15) is 0 Å². The molecule has 0 aliphatic carbocycles. The Morgan fingerprint density at radius 3 is 2.59 bits per heavy atom. The number of H-pyrrole nitrogens is 1. The minimum Gasteiger partial charge on any atom is -0.358 e. The quantitative estimate of drug-likeness (QED) is 0.842. The molecule has 1 aromatic carbocycles. The topological polar surface area (TPSA) is 62.0 Å². The lowest BCUT2D eigenvalue weighted by atomic mass is 10.2. The predicted octanol–water partition coefficient (Wildman–Crippen LogP) is 1.22. The SMILES string of the molecule is Cc1[nH]c2ccccc2c1S(=O)(=O)C1CNC1. The van der Waals surface area contributed by atoms with Gasteiger partial charge in [0.25, 0.3) is 0 Å². The van der Waals surface area contributed by atoms with E-state index in [1.165, 1.54) is 0 Å². The molecule has 0 saturated carbocycles. The second-order valence-corrected chi connectivity index (χ2v) is 6.61. The first-order valence-electron chi connectivity index (χ1n) is 5.62. The predicted molar refractivity (Wildman–Crippen MR) is 66.9 cm³/mol. The van der Waals surface area contributed by atoms with Crippen LogP contribution >= 0.6 is 0 Å². The molecule has 1 aromatic heterocycles. The molecule has 0 bridgehead atoms. The van der Waals surface area contributed by atoms with Crippen molar-refractivity contribution in [2.45, 2.75) is 17.1 Å². The minimum absolute atomic E-state index is 0.277. The molecule has 0 radical (unpaired) electrons. The average Bonchev–Trinajstić information content (AvgIpc) is 2.50. The van der Waals surface area contributed by atoms with Crippen LogP contribution in [0, 0.1) is 6.92 Å². The Labute approximate surface area is 100.0 Å². The molecule has 0 unspecified atom stereocenters. The van der Waals surface area contributed by atoms with Gasteiger partial charge >= 0.3 is 0 Å². The largest absolute Gasteiger partial charge is 0.358 e. The number of hydrogen-bond donors (Lipinski definition) is 2. The number of hydrogen-bond acceptors (Lipinski definition) is 3. The Hall–Kier alpha value is -1.33. The molecule has 5 heteroatoms. The smallest absolute Gasteiger partial charge is 0.186 e. The van der Waals surface area contributed by atoms with Crippen LogP contribution in [-0.4, -0.2) is 31.7 Å². The van der Waals surface area contributed by atoms with Crippen molar-refractivity contribution >= 4 is 20.7 Å². The maximum absolute atomic E-state index is 12.5. The van der Waals surface area contributed by atoms with Crippen molar-refractivity contribution in [3.8, 4) is 0 Å². The lowest BCUT2D eigenvalue weighted by Crippen LogP contribution is -2.51. The van der Waals surface area contributed by atoms with E-state index in [-0.39, 0.29) is 5.25 Å². The lowest BCUT2D eigenvalue weighted by Gasteiger charge is -2.26. The van der Waals surface area contributed by atoms with Crippen molar-refractivity contribution in [1.82, 2.24) is 10.3 Å². The molecule has 0 atom stereocenters. The fourth-order valence-corrected chi connectivity index (χ4v) is 4.24. The standard InChI is InChI=1S/C12H14N2O2S/c1-8-12(17(15,16)9-6-13-7-9)10-4-2-3-5-11(10)14-8/h2-5,9,13-14H,6-7H2,1H3. The fraction of sp³-hybridized carbons (Fsp3) is 0.333. The van der Waals surface area contributed by atoms with Gasteiger partial charge in [0.05, 0.1) is 10.1 Å². The first-order valence-corrected chi connectivity index (χ1v) is 7.17. The van der Waals surface area contributed by atoms with Crippen molar-refractivity contribution < 1.29 is 8.42 Å². The fourth-order valence-electron chi connectivity index (χ4n) is 2.27. The van der Waals surface area contributed by atoms with Gasteiger partial charge in [0.15, 0.2) is 9.84 Å². The summed E-state index contributed by atoms with van der Waals surface area (Å²) in [7, 11) is -3.21. The summed E-state index contributed by atoms with van der Waals surface area (Å²) >= 11 is 0. The molecule has 1 aliphatic heterocycles. The van der Waals surface area contributed by atoms with Crippen LogP contribution in [0.3, 0.4) is 0 Å². The van der Waals surface area contributed by atoms with Crippen LogP contribution in [0.5, 0.6) is 0 Å². The highest BCUT2D eigenvalue weighted by atomic mass is 32.2. The molecule has 17 heavy (non-hydrogen) atoms. The molecule has 1 saturated heterocycles. The second-order valence-electron chi connectivity index (χ2n) is 4.45. The minimum atomic E-state index is -3.21. The van der Waals surface area contributed by atoms with Crippen LogP contribution in [0.25, 0.3) is 10.9 Å². The molecule has 1 aliphatic rings. The van der Waals surface area contributed by atoms with E-state index in [1.807, 2.05) is 31.2 Å². The summed E-state index contributed by atoms with van der Waals surface area (Å²) in [6.45, 7) is 2.93. The summed E-state index contributed by atoms with van der Waals surface area (Å²) in [5.41, 5.74) is 1.62. The normalized spacial score (nSPS) is 17.2. The molecule has 2 aromatic rings. The van der Waals surface area contributed by atoms with Gasteiger partial charge in [0, 0.05) is 29.7 Å². The van der Waals surface area contributed by atoms with Crippen molar-refractivity contribution in [1.29, 1.82) is 0 Å². The Balaban J connectivity index is 2.26. The Morgan fingerprint density at radius 2 is 1.94 bits per heavy atom. The highest BCUT2D eigenvalue weighted by Crippen LogP contribution is 2.30. The third-order valence-corrected chi connectivity index (χ3v) is 5.61. The van der Waals surface area contributed by atoms with Crippen LogP contribution in [0.1, 0.15) is 5.69 Å². The van der Waals surface area contributed by atoms with Gasteiger partial charge in [-0.05, 0) is 13.0 Å². The number of fused-ring (bicyclic) bond motifs is 1. The van der Waals surface area contributed by atoms with Gasteiger partial charge in [-0.15, -0.1) is 0 Å². The zero-order valence-corrected chi connectivity index (χ0v) is 10.3. The summed E-state index contributed by atoms with van der Waals surface area (Å²) in [5, 5.41) is 3.53. The van der Waals surface area contributed by atoms with Crippen molar-refractivity contribution in [3.05, 3.63) is 30.0 Å². The molecule has 2 heterocycles. The Kier molecular flexibility index (Phi) is 2.27. The summed E-state index contributed by atoms with van der Waals surface area (Å²) in [6, 6.07) is 7.53. The van der Waals surface area contributed by atoms with Crippen LogP contribution in [0.4, 0.5) is 0 Å². The van der Waals surface area contributed by atoms with Crippen LogP contribution in [-0.2, 0) is 9.84 Å². The van der Waals surface area contributed by atoms with Crippen molar-refractivity contribution in [2.75, 3.05) is 13.1 Å². The number of aromatic amines is 1. The van der Waals surface area contributed by atoms with E-state index in [9.17, 15) is 8.42 Å². The van der Waals surface area contributed by atoms with Gasteiger partial charge in [-0.2, -0.15) is 0 Å². The van der Waals surface area contributed by atoms with Gasteiger partial charge in [-0.3, -0.25) is 0 Å². The monoisotopic (exact) mass is 250 g/mol. The van der Waals surface area contributed by atoms with E-state index in [4.69, 9.17) is 0 Å². The number of aromatic nitrogens is 1. The van der Waals surface area contributed by atoms with Gasteiger partial charge in [-0.1, -0.05) is 18.2 Å². The number of nitrogens with one attached hydrogen (secondary N) is 2. The number of rotatable bonds is 2. The molecule has 0 amide bonds. The van der Waals surface area contributed by atoms with E-state index in [1.54, 1.807) is 0 Å². The zero-order chi connectivity index (χ0) is 12.0. The third kappa shape index (κ3) is 1.50. The molecule has 90 valence electrons. The maximum atomic E-state index is 12.5. The Morgan fingerprint density at radius 1 is 1.24 bits per heavy atom. The molecule has 3 rings (SSSR count). The number of benzene rings is 1. The van der Waals surface area contributed by atoms with E-state index >= 15 is 0 Å². The zero-order valence-electron chi connectivity index (χ0n) is 9.53. The van der Waals surface area contributed by atoms with Crippen molar-refractivity contribution in [3.63, 3.8) is 0 Å². The molecule has 4 nitrogen and oxygen atoms in total. The van der Waals surface area contributed by atoms with Crippen LogP contribution in [0.2, 0.25) is 0 Å². The highest BCUT2D eigenvalue weighted by molar-refractivity contribution is 7.92. The molecule has 0 spiro atoms. The van der Waals surface area contributed by atoms with Crippen molar-refractivity contribution in [2.24, 2.45) is 0 Å². The van der Waals surface area contributed by atoms with E-state index in [2.05, 4.69) is 10.3 Å². The van der Waals surface area contributed by atoms with Gasteiger partial charge in [-0.25, -0.2) is 8.42 Å². The second kappa shape index (κ2) is 3.58. The van der Waals surface area contributed by atoms with Crippen LogP contribution < -0.4 is 5.32 Å². The highest BCUT2D eigenvalue weighted by Gasteiger charge is 2.35. The van der Waals surface area contributed by atoms with Gasteiger partial charge in [0.2, 0.25) is 0 Å². The van der Waals surface area contributed by atoms with Crippen LogP contribution in [0.15, 0.2) is 29.2 Å². The average molecular weight is 250 g/mol.